The highest BCUT2D eigenvalue weighted by Gasteiger charge is 2.50. The van der Waals surface area contributed by atoms with Crippen LogP contribution in [0.4, 0.5) is 11.5 Å². The molecule has 0 unspecified atom stereocenters. The Bertz CT molecular complexity index is 1610. The third kappa shape index (κ3) is 4.01. The van der Waals surface area contributed by atoms with Gasteiger partial charge >= 0.3 is 0 Å². The Morgan fingerprint density at radius 2 is 2.00 bits per heavy atom. The summed E-state index contributed by atoms with van der Waals surface area (Å²) in [6.45, 7) is 3.38. The van der Waals surface area contributed by atoms with Crippen LogP contribution in [-0.4, -0.2) is 69.1 Å². The molecule has 0 aliphatic carbocycles. The third-order valence-electron chi connectivity index (χ3n) is 7.53. The van der Waals surface area contributed by atoms with Gasteiger partial charge in [0.2, 0.25) is 0 Å². The number of hydrogen-bond donors (Lipinski definition) is 1. The summed E-state index contributed by atoms with van der Waals surface area (Å²) in [7, 11) is 4.07. The van der Waals surface area contributed by atoms with Gasteiger partial charge in [-0.15, -0.1) is 11.3 Å². The lowest BCUT2D eigenvalue weighted by Gasteiger charge is -2.51. The normalized spacial score (nSPS) is 19.4. The zero-order valence-corrected chi connectivity index (χ0v) is 21.5. The van der Waals surface area contributed by atoms with E-state index < -0.39 is 0 Å². The van der Waals surface area contributed by atoms with Gasteiger partial charge < -0.3 is 19.7 Å². The summed E-state index contributed by atoms with van der Waals surface area (Å²) in [5.41, 5.74) is 6.68. The minimum atomic E-state index is 0.00828. The van der Waals surface area contributed by atoms with Gasteiger partial charge in [0.05, 0.1) is 51.5 Å². The van der Waals surface area contributed by atoms with E-state index in [1.54, 1.807) is 22.3 Å². The van der Waals surface area contributed by atoms with Crippen molar-refractivity contribution in [2.24, 2.45) is 12.5 Å². The number of hydrogen-bond acceptors (Lipinski definition) is 9. The van der Waals surface area contributed by atoms with E-state index >= 15 is 0 Å². The molecule has 1 spiro atoms. The smallest absolute Gasteiger partial charge is 0.145 e. The number of aryl methyl sites for hydroxylation is 1. The maximum Gasteiger partial charge on any atom is 0.145 e. The van der Waals surface area contributed by atoms with Crippen molar-refractivity contribution in [3.8, 4) is 16.9 Å². The van der Waals surface area contributed by atoms with Crippen molar-refractivity contribution in [2.75, 3.05) is 38.7 Å². The minimum absolute atomic E-state index is 0.00828. The number of fused-ring (bicyclic) bond motifs is 2. The molecule has 5 heterocycles. The second-order valence-electron chi connectivity index (χ2n) is 10.1. The monoisotopic (exact) mass is 513 g/mol. The summed E-state index contributed by atoms with van der Waals surface area (Å²) in [5.74, 6) is 1.48. The Morgan fingerprint density at radius 3 is 2.81 bits per heavy atom. The first kappa shape index (κ1) is 22.6. The molecule has 3 aromatic heterocycles. The quantitative estimate of drug-likeness (QED) is 0.368. The Morgan fingerprint density at radius 1 is 1.08 bits per heavy atom. The number of nitrogens with zero attached hydrogens (tertiary/aromatic N) is 6. The van der Waals surface area contributed by atoms with E-state index in [0.717, 1.165) is 76.4 Å². The molecule has 2 aliphatic heterocycles. The maximum atomic E-state index is 6.93. The Kier molecular flexibility index (Phi) is 5.35. The number of benzene rings is 2. The number of piperidine rings is 1. The summed E-state index contributed by atoms with van der Waals surface area (Å²) in [6.07, 6.45) is 6.54. The first-order valence-corrected chi connectivity index (χ1v) is 13.3. The van der Waals surface area contributed by atoms with Crippen molar-refractivity contribution in [1.29, 1.82) is 0 Å². The second kappa shape index (κ2) is 8.76. The fourth-order valence-corrected chi connectivity index (χ4v) is 6.02. The van der Waals surface area contributed by atoms with Crippen molar-refractivity contribution in [2.45, 2.75) is 12.5 Å². The van der Waals surface area contributed by atoms with E-state index in [-0.39, 0.29) is 11.5 Å². The molecule has 0 saturated carbocycles. The van der Waals surface area contributed by atoms with Gasteiger partial charge in [0.1, 0.15) is 24.0 Å². The summed E-state index contributed by atoms with van der Waals surface area (Å²) < 4.78 is 15.5. The Labute approximate surface area is 218 Å². The maximum absolute atomic E-state index is 6.93. The van der Waals surface area contributed by atoms with Crippen molar-refractivity contribution < 1.29 is 9.47 Å². The molecule has 9 nitrogen and oxygen atoms in total. The summed E-state index contributed by atoms with van der Waals surface area (Å²) in [5, 5.41) is 8.76. The van der Waals surface area contributed by atoms with Gasteiger partial charge in [-0.05, 0) is 55.9 Å². The molecular weight excluding hydrogens is 486 g/mol. The molecule has 10 heteroatoms. The van der Waals surface area contributed by atoms with Crippen molar-refractivity contribution in [3.05, 3.63) is 54.6 Å². The number of anilines is 2. The van der Waals surface area contributed by atoms with Gasteiger partial charge in [0.15, 0.2) is 0 Å². The van der Waals surface area contributed by atoms with Crippen LogP contribution < -0.4 is 10.1 Å². The van der Waals surface area contributed by atoms with E-state index in [1.165, 1.54) is 0 Å². The molecule has 2 aromatic carbocycles. The van der Waals surface area contributed by atoms with Gasteiger partial charge in [-0.1, -0.05) is 0 Å². The Balaban J connectivity index is 1.35. The van der Waals surface area contributed by atoms with E-state index in [0.29, 0.717) is 5.82 Å². The average Bonchev–Trinajstić information content (AvgIpc) is 3.52. The number of ether oxygens (including phenoxy) is 2. The van der Waals surface area contributed by atoms with Gasteiger partial charge in [0, 0.05) is 31.0 Å². The number of nitrogens with one attached hydrogen (secondary N) is 1. The molecule has 0 amide bonds. The SMILES string of the molecule is CN1CCC2(COC2)[C@H](Oc2cc(-c3cnn(C)c3)cc3ncnc(Nc4ccc5ncsc5c4)c23)C1. The molecule has 1 N–H and O–H groups in total. The molecule has 7 rings (SSSR count). The van der Waals surface area contributed by atoms with Crippen LogP contribution in [0.2, 0.25) is 0 Å². The van der Waals surface area contributed by atoms with Crippen LogP contribution in [0.15, 0.2) is 54.6 Å². The van der Waals surface area contributed by atoms with E-state index in [2.05, 4.69) is 55.5 Å². The second-order valence-corrected chi connectivity index (χ2v) is 11.0. The van der Waals surface area contributed by atoms with Gasteiger partial charge in [0.25, 0.3) is 0 Å². The summed E-state index contributed by atoms with van der Waals surface area (Å²) >= 11 is 1.62. The number of aromatic nitrogens is 5. The highest BCUT2D eigenvalue weighted by Crippen LogP contribution is 2.43. The third-order valence-corrected chi connectivity index (χ3v) is 8.33. The zero-order chi connectivity index (χ0) is 25.0. The van der Waals surface area contributed by atoms with Crippen LogP contribution in [0.5, 0.6) is 5.75 Å². The van der Waals surface area contributed by atoms with Crippen LogP contribution in [0.1, 0.15) is 6.42 Å². The number of likely N-dealkylation sites (tertiary alicyclic amines) is 1. The van der Waals surface area contributed by atoms with E-state index in [4.69, 9.17) is 9.47 Å². The summed E-state index contributed by atoms with van der Waals surface area (Å²) in [6, 6.07) is 10.3. The fraction of sp³-hybridized carbons (Fsp3) is 0.333. The zero-order valence-electron chi connectivity index (χ0n) is 20.7. The van der Waals surface area contributed by atoms with Crippen LogP contribution >= 0.6 is 11.3 Å². The molecule has 5 aromatic rings. The molecule has 1 atom stereocenters. The van der Waals surface area contributed by atoms with Crippen LogP contribution in [-0.2, 0) is 11.8 Å². The number of rotatable bonds is 5. The highest BCUT2D eigenvalue weighted by atomic mass is 32.1. The first-order chi connectivity index (χ1) is 18.1. The number of likely N-dealkylation sites (N-methyl/N-ethyl adjacent to an activating group) is 1. The van der Waals surface area contributed by atoms with Gasteiger partial charge in [-0.3, -0.25) is 4.68 Å². The molecule has 188 valence electrons. The summed E-state index contributed by atoms with van der Waals surface area (Å²) in [4.78, 5) is 16.0. The predicted molar refractivity (Wildman–Crippen MR) is 144 cm³/mol. The topological polar surface area (TPSA) is 90.2 Å². The van der Waals surface area contributed by atoms with Gasteiger partial charge in [-0.25, -0.2) is 15.0 Å². The van der Waals surface area contributed by atoms with Crippen molar-refractivity contribution >= 4 is 44.0 Å². The van der Waals surface area contributed by atoms with Gasteiger partial charge in [-0.2, -0.15) is 5.10 Å². The average molecular weight is 514 g/mol. The van der Waals surface area contributed by atoms with Crippen molar-refractivity contribution in [1.82, 2.24) is 29.6 Å². The van der Waals surface area contributed by atoms with Crippen LogP contribution in [0.3, 0.4) is 0 Å². The standard InChI is InChI=1S/C27H27N7O2S/c1-33-6-5-27(13-35-14-27)24(12-33)36-22-8-17(18-10-31-34(2)11-18)7-21-25(22)26(29-15-28-21)32-19-3-4-20-23(9-19)37-16-30-20/h3-4,7-11,15-16,24H,5-6,12-14H2,1-2H3,(H,28,29,32)/t24-/m1/s1. The molecule has 2 fully saturated rings. The minimum Gasteiger partial charge on any atom is -0.487 e. The molecule has 0 radical (unpaired) electrons. The van der Waals surface area contributed by atoms with E-state index in [9.17, 15) is 0 Å². The van der Waals surface area contributed by atoms with Crippen molar-refractivity contribution in [3.63, 3.8) is 0 Å². The predicted octanol–water partition coefficient (Wildman–Crippen LogP) is 4.48. The number of thiazole rings is 1. The lowest BCUT2D eigenvalue weighted by Crippen LogP contribution is -2.61. The van der Waals surface area contributed by atoms with E-state index in [1.807, 2.05) is 37.1 Å². The molecule has 37 heavy (non-hydrogen) atoms. The first-order valence-electron chi connectivity index (χ1n) is 12.4. The molecule has 2 saturated heterocycles. The molecular formula is C27H27N7O2S. The Hall–Kier alpha value is -3.60. The largest absolute Gasteiger partial charge is 0.487 e. The van der Waals surface area contributed by atoms with Crippen LogP contribution in [0, 0.1) is 5.41 Å². The molecule has 2 aliphatic rings. The fourth-order valence-electron chi connectivity index (χ4n) is 5.30. The van der Waals surface area contributed by atoms with Crippen LogP contribution in [0.25, 0.3) is 32.2 Å². The molecule has 0 bridgehead atoms. The lowest BCUT2D eigenvalue weighted by molar-refractivity contribution is -0.187. The highest BCUT2D eigenvalue weighted by molar-refractivity contribution is 7.16. The lowest BCUT2D eigenvalue weighted by atomic mass is 9.74.